The van der Waals surface area contributed by atoms with Crippen LogP contribution < -0.4 is 0 Å². The third kappa shape index (κ3) is 2.19. The number of hydrogen-bond acceptors (Lipinski definition) is 2. The van der Waals surface area contributed by atoms with E-state index in [2.05, 4.69) is 39.2 Å². The molecule has 0 bridgehead atoms. The van der Waals surface area contributed by atoms with Crippen LogP contribution in [0.2, 0.25) is 0 Å². The number of nitrogens with zero attached hydrogens (tertiary/aromatic N) is 4. The molecule has 0 spiro atoms. The largest absolute Gasteiger partial charge is 0.274 e. The van der Waals surface area contributed by atoms with Gasteiger partial charge in [0.15, 0.2) is 0 Å². The Bertz CT molecular complexity index is 498. The fraction of sp³-hybridized carbons (Fsp3) is 0.455. The minimum atomic E-state index is 0.875. The van der Waals surface area contributed by atoms with Crippen molar-refractivity contribution in [2.75, 3.05) is 0 Å². The molecule has 0 saturated carbocycles. The minimum absolute atomic E-state index is 0.875. The molecule has 4 nitrogen and oxygen atoms in total. The van der Waals surface area contributed by atoms with Crippen molar-refractivity contribution in [2.45, 2.75) is 26.8 Å². The van der Waals surface area contributed by atoms with E-state index in [1.54, 1.807) is 0 Å². The molecule has 2 rings (SSSR count). The van der Waals surface area contributed by atoms with E-state index in [4.69, 9.17) is 0 Å². The molecule has 86 valence electrons. The van der Waals surface area contributed by atoms with E-state index in [0.29, 0.717) is 0 Å². The highest BCUT2D eigenvalue weighted by atomic mass is 79.9. The predicted molar refractivity (Wildman–Crippen MR) is 66.4 cm³/mol. The van der Waals surface area contributed by atoms with E-state index < -0.39 is 0 Å². The van der Waals surface area contributed by atoms with Gasteiger partial charge in [-0.15, -0.1) is 0 Å². The van der Waals surface area contributed by atoms with E-state index in [9.17, 15) is 0 Å². The summed E-state index contributed by atoms with van der Waals surface area (Å²) in [4.78, 5) is 0. The molecular weight excluding hydrogens is 268 g/mol. The summed E-state index contributed by atoms with van der Waals surface area (Å²) in [7, 11) is 1.93. The van der Waals surface area contributed by atoms with E-state index in [0.717, 1.165) is 23.3 Å². The molecule has 0 amide bonds. The van der Waals surface area contributed by atoms with Gasteiger partial charge in [0.2, 0.25) is 0 Å². The molecule has 0 N–H and O–H groups in total. The fourth-order valence-corrected chi connectivity index (χ4v) is 2.22. The van der Waals surface area contributed by atoms with Gasteiger partial charge in [-0.05, 0) is 35.3 Å². The Balaban J connectivity index is 2.26. The molecule has 16 heavy (non-hydrogen) atoms. The molecule has 0 atom stereocenters. The van der Waals surface area contributed by atoms with E-state index >= 15 is 0 Å². The van der Waals surface area contributed by atoms with Crippen molar-refractivity contribution in [2.24, 2.45) is 7.05 Å². The van der Waals surface area contributed by atoms with Gasteiger partial charge in [-0.1, -0.05) is 0 Å². The van der Waals surface area contributed by atoms with Gasteiger partial charge in [0.05, 0.1) is 5.69 Å². The van der Waals surface area contributed by atoms with Gasteiger partial charge in [-0.2, -0.15) is 10.2 Å². The third-order valence-corrected chi connectivity index (χ3v) is 3.27. The van der Waals surface area contributed by atoms with Crippen LogP contribution in [0.25, 0.3) is 0 Å². The molecule has 0 fully saturated rings. The highest BCUT2D eigenvalue weighted by molar-refractivity contribution is 9.10. The number of aromatic nitrogens is 4. The van der Waals surface area contributed by atoms with Gasteiger partial charge in [0.1, 0.15) is 4.60 Å². The Morgan fingerprint density at radius 2 is 2.00 bits per heavy atom. The van der Waals surface area contributed by atoms with Crippen LogP contribution in [0.1, 0.15) is 23.7 Å². The summed E-state index contributed by atoms with van der Waals surface area (Å²) < 4.78 is 4.70. The van der Waals surface area contributed by atoms with Gasteiger partial charge in [-0.3, -0.25) is 9.36 Å². The summed E-state index contributed by atoms with van der Waals surface area (Å²) in [6.45, 7) is 5.05. The van der Waals surface area contributed by atoms with Crippen LogP contribution in [0, 0.1) is 6.92 Å². The molecular formula is C11H15BrN4. The normalized spacial score (nSPS) is 11.0. The van der Waals surface area contributed by atoms with Crippen LogP contribution in [0.15, 0.2) is 17.0 Å². The van der Waals surface area contributed by atoms with E-state index in [1.165, 1.54) is 11.1 Å². The molecule has 0 unspecified atom stereocenters. The van der Waals surface area contributed by atoms with E-state index in [-0.39, 0.29) is 0 Å². The minimum Gasteiger partial charge on any atom is -0.274 e. The van der Waals surface area contributed by atoms with Crippen molar-refractivity contribution in [1.82, 2.24) is 19.6 Å². The van der Waals surface area contributed by atoms with Crippen molar-refractivity contribution in [3.8, 4) is 0 Å². The first kappa shape index (κ1) is 11.4. The smallest absolute Gasteiger partial charge is 0.131 e. The third-order valence-electron chi connectivity index (χ3n) is 2.61. The average molecular weight is 283 g/mol. The van der Waals surface area contributed by atoms with Gasteiger partial charge in [0, 0.05) is 38.0 Å². The second-order valence-electron chi connectivity index (χ2n) is 3.89. The molecule has 2 aromatic rings. The number of hydrogen-bond donors (Lipinski definition) is 0. The number of aryl methyl sites for hydroxylation is 3. The maximum absolute atomic E-state index is 4.44. The Labute approximate surface area is 103 Å². The van der Waals surface area contributed by atoms with Crippen LogP contribution in [0.5, 0.6) is 0 Å². The lowest BCUT2D eigenvalue weighted by molar-refractivity contribution is 0.653. The molecule has 0 saturated heterocycles. The second kappa shape index (κ2) is 4.41. The summed E-state index contributed by atoms with van der Waals surface area (Å²) in [5, 5.41) is 8.71. The summed E-state index contributed by atoms with van der Waals surface area (Å²) >= 11 is 3.46. The zero-order valence-electron chi connectivity index (χ0n) is 9.74. The number of halogens is 1. The Morgan fingerprint density at radius 3 is 2.50 bits per heavy atom. The lowest BCUT2D eigenvalue weighted by Crippen LogP contribution is -1.93. The lowest BCUT2D eigenvalue weighted by Gasteiger charge is -1.95. The standard InChI is InChI=1S/C11H15BrN4/c1-4-16-7-9(8(2)13-16)5-10-6-15(3)14-11(10)12/h6-7H,4-5H2,1-3H3. The SMILES string of the molecule is CCn1cc(Cc2cn(C)nc2Br)c(C)n1. The molecule has 0 radical (unpaired) electrons. The highest BCUT2D eigenvalue weighted by Crippen LogP contribution is 2.19. The molecule has 0 aromatic carbocycles. The van der Waals surface area contributed by atoms with Crippen LogP contribution in [0.3, 0.4) is 0 Å². The average Bonchev–Trinajstić information content (AvgIpc) is 2.72. The number of rotatable bonds is 3. The zero-order valence-corrected chi connectivity index (χ0v) is 11.3. The molecule has 2 aromatic heterocycles. The van der Waals surface area contributed by atoms with Crippen molar-refractivity contribution in [3.63, 3.8) is 0 Å². The van der Waals surface area contributed by atoms with Crippen LogP contribution >= 0.6 is 15.9 Å². The van der Waals surface area contributed by atoms with Crippen molar-refractivity contribution in [1.29, 1.82) is 0 Å². The van der Waals surface area contributed by atoms with E-state index in [1.807, 2.05) is 29.5 Å². The summed E-state index contributed by atoms with van der Waals surface area (Å²) in [5.41, 5.74) is 3.55. The summed E-state index contributed by atoms with van der Waals surface area (Å²) in [6, 6.07) is 0. The Morgan fingerprint density at radius 1 is 1.25 bits per heavy atom. The van der Waals surface area contributed by atoms with Crippen molar-refractivity contribution >= 4 is 15.9 Å². The fourth-order valence-electron chi connectivity index (χ4n) is 1.73. The van der Waals surface area contributed by atoms with Crippen LogP contribution in [-0.4, -0.2) is 19.6 Å². The van der Waals surface area contributed by atoms with Crippen LogP contribution in [0.4, 0.5) is 0 Å². The van der Waals surface area contributed by atoms with Gasteiger partial charge in [-0.25, -0.2) is 0 Å². The molecule has 0 aliphatic rings. The Hall–Kier alpha value is -1.10. The first-order valence-electron chi connectivity index (χ1n) is 5.31. The monoisotopic (exact) mass is 282 g/mol. The van der Waals surface area contributed by atoms with Crippen molar-refractivity contribution < 1.29 is 0 Å². The van der Waals surface area contributed by atoms with Gasteiger partial charge < -0.3 is 0 Å². The van der Waals surface area contributed by atoms with Crippen LogP contribution in [-0.2, 0) is 20.0 Å². The maximum Gasteiger partial charge on any atom is 0.131 e. The lowest BCUT2D eigenvalue weighted by atomic mass is 10.1. The quantitative estimate of drug-likeness (QED) is 0.866. The second-order valence-corrected chi connectivity index (χ2v) is 4.64. The van der Waals surface area contributed by atoms with Crippen molar-refractivity contribution in [3.05, 3.63) is 33.8 Å². The zero-order chi connectivity index (χ0) is 11.7. The summed E-state index contributed by atoms with van der Waals surface area (Å²) in [6.07, 6.45) is 5.02. The Kier molecular flexibility index (Phi) is 3.14. The summed E-state index contributed by atoms with van der Waals surface area (Å²) in [5.74, 6) is 0. The highest BCUT2D eigenvalue weighted by Gasteiger charge is 2.09. The molecule has 5 heteroatoms. The van der Waals surface area contributed by atoms with Gasteiger partial charge >= 0.3 is 0 Å². The topological polar surface area (TPSA) is 35.6 Å². The first-order chi connectivity index (χ1) is 7.60. The maximum atomic E-state index is 4.44. The molecule has 0 aliphatic carbocycles. The first-order valence-corrected chi connectivity index (χ1v) is 6.10. The van der Waals surface area contributed by atoms with Gasteiger partial charge in [0.25, 0.3) is 0 Å². The molecule has 0 aliphatic heterocycles. The predicted octanol–water partition coefficient (Wildman–Crippen LogP) is 2.30. The molecule has 2 heterocycles.